The van der Waals surface area contributed by atoms with Crippen molar-refractivity contribution in [2.24, 2.45) is 0 Å². The number of rotatable bonds is 6. The topological polar surface area (TPSA) is 68.7 Å². The predicted molar refractivity (Wildman–Crippen MR) is 89.1 cm³/mol. The Morgan fingerprint density at radius 1 is 1.55 bits per heavy atom. The molecule has 124 valence electrons. The highest BCUT2D eigenvalue weighted by atomic mass is 32.1. The van der Waals surface area contributed by atoms with Crippen molar-refractivity contribution in [1.82, 2.24) is 14.8 Å². The van der Waals surface area contributed by atoms with Crippen LogP contribution in [0, 0.1) is 0 Å². The third-order valence-electron chi connectivity index (χ3n) is 4.20. The van der Waals surface area contributed by atoms with Crippen molar-refractivity contribution in [3.8, 4) is 0 Å². The van der Waals surface area contributed by atoms with E-state index in [1.807, 2.05) is 19.2 Å². The molecule has 1 amide bonds. The Labute approximate surface area is 136 Å². The maximum atomic E-state index is 12.3. The van der Waals surface area contributed by atoms with Crippen molar-refractivity contribution < 1.29 is 9.90 Å². The largest absolute Gasteiger partial charge is 0.392 e. The summed E-state index contributed by atoms with van der Waals surface area (Å²) in [5.41, 5.74) is 0. The molecule has 1 fully saturated rings. The number of hydrogen-bond donors (Lipinski definition) is 2. The summed E-state index contributed by atoms with van der Waals surface area (Å²) in [4.78, 5) is 21.0. The van der Waals surface area contributed by atoms with Gasteiger partial charge in [-0.3, -0.25) is 14.6 Å². The number of nitrogens with zero attached hydrogens (tertiary/aromatic N) is 3. The molecule has 1 saturated heterocycles. The highest BCUT2D eigenvalue weighted by molar-refractivity contribution is 7.13. The molecule has 1 aromatic heterocycles. The summed E-state index contributed by atoms with van der Waals surface area (Å²) in [6, 6.07) is 0.213. The quantitative estimate of drug-likeness (QED) is 0.823. The number of aliphatic hydroxyl groups excluding tert-OH is 1. The van der Waals surface area contributed by atoms with Gasteiger partial charge in [0.15, 0.2) is 5.13 Å². The van der Waals surface area contributed by atoms with Gasteiger partial charge in [-0.2, -0.15) is 0 Å². The van der Waals surface area contributed by atoms with Crippen molar-refractivity contribution in [2.75, 3.05) is 31.5 Å². The minimum absolute atomic E-state index is 0.00576. The van der Waals surface area contributed by atoms with Gasteiger partial charge in [-0.15, -0.1) is 11.3 Å². The highest BCUT2D eigenvalue weighted by Crippen LogP contribution is 2.17. The number of carbonyl (C=O) groups excluding carboxylic acids is 1. The molecule has 2 rings (SSSR count). The second kappa shape index (κ2) is 8.01. The van der Waals surface area contributed by atoms with Gasteiger partial charge in [-0.05, 0) is 20.3 Å². The number of hydrogen-bond acceptors (Lipinski definition) is 6. The van der Waals surface area contributed by atoms with Gasteiger partial charge < -0.3 is 10.4 Å². The van der Waals surface area contributed by atoms with E-state index >= 15 is 0 Å². The highest BCUT2D eigenvalue weighted by Gasteiger charge is 2.31. The molecular formula is C15H26N4O2S. The van der Waals surface area contributed by atoms with Crippen molar-refractivity contribution >= 4 is 22.4 Å². The Hall–Kier alpha value is -1.02. The summed E-state index contributed by atoms with van der Waals surface area (Å²) in [5.74, 6) is -0.00576. The molecule has 22 heavy (non-hydrogen) atoms. The smallest absolute Gasteiger partial charge is 0.243 e. The van der Waals surface area contributed by atoms with E-state index in [9.17, 15) is 9.90 Å². The first-order valence-corrected chi connectivity index (χ1v) is 8.75. The minimum atomic E-state index is -0.314. The van der Waals surface area contributed by atoms with Crippen LogP contribution in [0.2, 0.25) is 0 Å². The maximum Gasteiger partial charge on any atom is 0.243 e. The molecule has 3 atom stereocenters. The lowest BCUT2D eigenvalue weighted by molar-refractivity contribution is -0.122. The van der Waals surface area contributed by atoms with E-state index in [0.717, 1.165) is 26.1 Å². The Balaban J connectivity index is 1.91. The molecule has 2 N–H and O–H groups in total. The van der Waals surface area contributed by atoms with E-state index in [1.54, 1.807) is 6.20 Å². The van der Waals surface area contributed by atoms with Crippen LogP contribution in [0.15, 0.2) is 11.6 Å². The summed E-state index contributed by atoms with van der Waals surface area (Å²) >= 11 is 1.43. The van der Waals surface area contributed by atoms with E-state index in [0.29, 0.717) is 17.7 Å². The van der Waals surface area contributed by atoms with Crippen molar-refractivity contribution in [1.29, 1.82) is 0 Å². The number of nitrogens with one attached hydrogen (secondary N) is 1. The molecule has 1 aromatic rings. The molecule has 0 aliphatic carbocycles. The molecule has 6 nitrogen and oxygen atoms in total. The number of amides is 1. The average Bonchev–Trinajstić information content (AvgIpc) is 2.99. The summed E-state index contributed by atoms with van der Waals surface area (Å²) < 4.78 is 0. The molecule has 1 aliphatic heterocycles. The lowest BCUT2D eigenvalue weighted by Crippen LogP contribution is -2.58. The van der Waals surface area contributed by atoms with E-state index in [1.165, 1.54) is 11.3 Å². The number of thiazole rings is 1. The number of aromatic nitrogens is 1. The standard InChI is InChI=1S/C15H26N4O2S/c1-4-13-10-18(6-7-19(13)9-11(2)20)12(3)14(21)17-15-16-5-8-22-15/h5,8,11-13,20H,4,6-7,9-10H2,1-3H3,(H,16,17,21). The fraction of sp³-hybridized carbons (Fsp3) is 0.733. The molecule has 3 unspecified atom stereocenters. The summed E-state index contributed by atoms with van der Waals surface area (Å²) in [6.45, 7) is 9.21. The monoisotopic (exact) mass is 326 g/mol. The molecule has 0 bridgehead atoms. The van der Waals surface area contributed by atoms with Crippen LogP contribution in [0.1, 0.15) is 27.2 Å². The fourth-order valence-corrected chi connectivity index (χ4v) is 3.43. The number of aliphatic hydroxyl groups is 1. The number of carbonyl (C=O) groups is 1. The number of piperazine rings is 1. The van der Waals surface area contributed by atoms with Gasteiger partial charge in [0.05, 0.1) is 12.1 Å². The Morgan fingerprint density at radius 2 is 2.32 bits per heavy atom. The van der Waals surface area contributed by atoms with Crippen LogP contribution < -0.4 is 5.32 Å². The van der Waals surface area contributed by atoms with E-state index in [2.05, 4.69) is 27.0 Å². The summed E-state index contributed by atoms with van der Waals surface area (Å²) in [6.07, 6.45) is 2.39. The van der Waals surface area contributed by atoms with Gasteiger partial charge in [0.1, 0.15) is 0 Å². The lowest BCUT2D eigenvalue weighted by atomic mass is 10.1. The molecule has 0 aromatic carbocycles. The van der Waals surface area contributed by atoms with Crippen molar-refractivity contribution in [2.45, 2.75) is 45.4 Å². The molecule has 0 spiro atoms. The number of anilines is 1. The zero-order chi connectivity index (χ0) is 16.1. The van der Waals surface area contributed by atoms with E-state index in [4.69, 9.17) is 0 Å². The van der Waals surface area contributed by atoms with Gasteiger partial charge in [-0.25, -0.2) is 4.98 Å². The molecule has 1 aliphatic rings. The Kier molecular flexibility index (Phi) is 6.31. The molecular weight excluding hydrogens is 300 g/mol. The summed E-state index contributed by atoms with van der Waals surface area (Å²) in [5, 5.41) is 15.0. The van der Waals surface area contributed by atoms with Gasteiger partial charge in [0.2, 0.25) is 5.91 Å². The van der Waals surface area contributed by atoms with Crippen LogP contribution in [-0.2, 0) is 4.79 Å². The van der Waals surface area contributed by atoms with Crippen molar-refractivity contribution in [3.63, 3.8) is 0 Å². The first-order chi connectivity index (χ1) is 10.5. The molecule has 0 saturated carbocycles. The normalized spacial score (nSPS) is 23.2. The predicted octanol–water partition coefficient (Wildman–Crippen LogP) is 1.25. The summed E-state index contributed by atoms with van der Waals surface area (Å²) in [7, 11) is 0. The van der Waals surface area contributed by atoms with Crippen molar-refractivity contribution in [3.05, 3.63) is 11.6 Å². The third kappa shape index (κ3) is 4.49. The molecule has 7 heteroatoms. The number of β-amino-alcohol motifs (C(OH)–C–C–N with tert-alkyl or cyclic N) is 1. The Bertz CT molecular complexity index is 466. The Morgan fingerprint density at radius 3 is 2.91 bits per heavy atom. The van der Waals surface area contributed by atoms with E-state index < -0.39 is 0 Å². The lowest BCUT2D eigenvalue weighted by Gasteiger charge is -2.43. The van der Waals surface area contributed by atoms with Gasteiger partial charge in [0, 0.05) is 43.8 Å². The van der Waals surface area contributed by atoms with Crippen LogP contribution in [0.3, 0.4) is 0 Å². The van der Waals surface area contributed by atoms with Crippen LogP contribution in [-0.4, -0.2) is 70.2 Å². The zero-order valence-electron chi connectivity index (χ0n) is 13.5. The zero-order valence-corrected chi connectivity index (χ0v) is 14.3. The average molecular weight is 326 g/mol. The fourth-order valence-electron chi connectivity index (χ4n) is 2.90. The second-order valence-corrected chi connectivity index (χ2v) is 6.80. The van der Waals surface area contributed by atoms with Gasteiger partial charge in [0.25, 0.3) is 0 Å². The van der Waals surface area contributed by atoms with Crippen LogP contribution in [0.25, 0.3) is 0 Å². The second-order valence-electron chi connectivity index (χ2n) is 5.90. The van der Waals surface area contributed by atoms with Crippen LogP contribution in [0.4, 0.5) is 5.13 Å². The van der Waals surface area contributed by atoms with Gasteiger partial charge >= 0.3 is 0 Å². The minimum Gasteiger partial charge on any atom is -0.392 e. The SMILES string of the molecule is CCC1CN(C(C)C(=O)Nc2nccs2)CCN1CC(C)O. The van der Waals surface area contributed by atoms with Crippen LogP contribution >= 0.6 is 11.3 Å². The van der Waals surface area contributed by atoms with Gasteiger partial charge in [-0.1, -0.05) is 6.92 Å². The molecule has 2 heterocycles. The third-order valence-corrected chi connectivity index (χ3v) is 4.88. The first-order valence-electron chi connectivity index (χ1n) is 7.87. The molecule has 0 radical (unpaired) electrons. The van der Waals surface area contributed by atoms with Crippen LogP contribution in [0.5, 0.6) is 0 Å². The van der Waals surface area contributed by atoms with E-state index in [-0.39, 0.29) is 18.1 Å². The maximum absolute atomic E-state index is 12.3. The first kappa shape index (κ1) is 17.3.